The summed E-state index contributed by atoms with van der Waals surface area (Å²) < 4.78 is 5.01. The van der Waals surface area contributed by atoms with Gasteiger partial charge in [0.15, 0.2) is 0 Å². The monoisotopic (exact) mass is 312 g/mol. The highest BCUT2D eigenvalue weighted by atomic mass is 16.5. The number of aromatic nitrogens is 1. The number of carbonyl (C=O) groups excluding carboxylic acids is 2. The summed E-state index contributed by atoms with van der Waals surface area (Å²) in [5, 5.41) is 6.30. The molecule has 2 N–H and O–H groups in total. The van der Waals surface area contributed by atoms with Crippen molar-refractivity contribution in [2.75, 3.05) is 13.7 Å². The van der Waals surface area contributed by atoms with Crippen LogP contribution in [-0.2, 0) is 4.79 Å². The van der Waals surface area contributed by atoms with Crippen LogP contribution in [0.2, 0.25) is 0 Å². The highest BCUT2D eigenvalue weighted by molar-refractivity contribution is 5.96. The van der Waals surface area contributed by atoms with Gasteiger partial charge in [-0.1, -0.05) is 0 Å². The van der Waals surface area contributed by atoms with Crippen LogP contribution in [0.5, 0.6) is 5.75 Å². The van der Waals surface area contributed by atoms with Gasteiger partial charge in [-0.2, -0.15) is 5.10 Å². The first-order valence-corrected chi connectivity index (χ1v) is 6.83. The van der Waals surface area contributed by atoms with Gasteiger partial charge in [0.2, 0.25) is 0 Å². The van der Waals surface area contributed by atoms with Crippen molar-refractivity contribution in [1.29, 1.82) is 0 Å². The molecule has 23 heavy (non-hydrogen) atoms. The van der Waals surface area contributed by atoms with E-state index in [2.05, 4.69) is 20.8 Å². The normalized spacial score (nSPS) is 10.3. The largest absolute Gasteiger partial charge is 0.497 e. The second-order valence-electron chi connectivity index (χ2n) is 4.48. The van der Waals surface area contributed by atoms with Crippen LogP contribution in [0.1, 0.15) is 15.9 Å². The molecule has 7 nitrogen and oxygen atoms in total. The van der Waals surface area contributed by atoms with Gasteiger partial charge in [0.1, 0.15) is 5.75 Å². The van der Waals surface area contributed by atoms with E-state index in [0.717, 1.165) is 5.56 Å². The van der Waals surface area contributed by atoms with Gasteiger partial charge in [-0.05, 0) is 42.0 Å². The molecule has 0 saturated carbocycles. The first-order chi connectivity index (χ1) is 11.2. The van der Waals surface area contributed by atoms with Crippen LogP contribution in [0.3, 0.4) is 0 Å². The van der Waals surface area contributed by atoms with E-state index in [1.165, 1.54) is 6.21 Å². The van der Waals surface area contributed by atoms with E-state index < -0.39 is 5.91 Å². The lowest BCUT2D eigenvalue weighted by Crippen LogP contribution is -2.34. The highest BCUT2D eigenvalue weighted by Crippen LogP contribution is 2.10. The number of methoxy groups -OCH3 is 1. The Kier molecular flexibility index (Phi) is 5.81. The molecular formula is C16H16N4O3. The average Bonchev–Trinajstić information content (AvgIpc) is 2.60. The molecule has 0 spiro atoms. The lowest BCUT2D eigenvalue weighted by molar-refractivity contribution is -0.120. The Hall–Kier alpha value is -3.22. The van der Waals surface area contributed by atoms with Crippen LogP contribution in [0, 0.1) is 0 Å². The molecule has 0 aliphatic carbocycles. The van der Waals surface area contributed by atoms with Crippen molar-refractivity contribution in [3.63, 3.8) is 0 Å². The minimum atomic E-state index is -0.419. The summed E-state index contributed by atoms with van der Waals surface area (Å²) in [6.45, 7) is -0.168. The lowest BCUT2D eigenvalue weighted by atomic mass is 10.2. The predicted molar refractivity (Wildman–Crippen MR) is 85.3 cm³/mol. The SMILES string of the molecule is COc1ccc(C(=O)NCC(=O)N/N=C\c2ccncc2)cc1. The second-order valence-corrected chi connectivity index (χ2v) is 4.48. The van der Waals surface area contributed by atoms with Gasteiger partial charge in [-0.15, -0.1) is 0 Å². The zero-order valence-corrected chi connectivity index (χ0v) is 12.5. The van der Waals surface area contributed by atoms with Gasteiger partial charge in [0, 0.05) is 18.0 Å². The summed E-state index contributed by atoms with van der Waals surface area (Å²) in [6.07, 6.45) is 4.74. The number of carbonyl (C=O) groups is 2. The fraction of sp³-hybridized carbons (Fsp3) is 0.125. The van der Waals surface area contributed by atoms with Crippen molar-refractivity contribution in [2.45, 2.75) is 0 Å². The standard InChI is InChI=1S/C16H16N4O3/c1-23-14-4-2-13(3-5-14)16(22)18-11-15(21)20-19-10-12-6-8-17-9-7-12/h2-10H,11H2,1H3,(H,18,22)(H,20,21)/b19-10-. The summed E-state index contributed by atoms with van der Waals surface area (Å²) >= 11 is 0. The van der Waals surface area contributed by atoms with Crippen molar-refractivity contribution in [3.05, 3.63) is 59.9 Å². The summed E-state index contributed by atoms with van der Waals surface area (Å²) in [7, 11) is 1.55. The molecule has 0 aliphatic heterocycles. The minimum absolute atomic E-state index is 0.168. The molecule has 118 valence electrons. The number of hydrogen-bond donors (Lipinski definition) is 2. The van der Waals surface area contributed by atoms with E-state index >= 15 is 0 Å². The summed E-state index contributed by atoms with van der Waals surface area (Å²) in [5.74, 6) is -0.108. The van der Waals surface area contributed by atoms with Crippen LogP contribution >= 0.6 is 0 Å². The van der Waals surface area contributed by atoms with Crippen molar-refractivity contribution >= 4 is 18.0 Å². The first kappa shape index (κ1) is 16.2. The summed E-state index contributed by atoms with van der Waals surface area (Å²) in [5.41, 5.74) is 3.58. The topological polar surface area (TPSA) is 92.7 Å². The minimum Gasteiger partial charge on any atom is -0.497 e. The number of hydrogen-bond acceptors (Lipinski definition) is 5. The molecule has 0 bridgehead atoms. The smallest absolute Gasteiger partial charge is 0.259 e. The highest BCUT2D eigenvalue weighted by Gasteiger charge is 2.07. The number of rotatable bonds is 6. The van der Waals surface area contributed by atoms with Gasteiger partial charge in [-0.25, -0.2) is 5.43 Å². The van der Waals surface area contributed by atoms with Crippen LogP contribution in [0.25, 0.3) is 0 Å². The molecule has 0 unspecified atom stereocenters. The molecule has 2 aromatic rings. The molecule has 0 radical (unpaired) electrons. The van der Waals surface area contributed by atoms with Gasteiger partial charge < -0.3 is 10.1 Å². The van der Waals surface area contributed by atoms with Gasteiger partial charge in [-0.3, -0.25) is 14.6 Å². The van der Waals surface area contributed by atoms with E-state index in [1.807, 2.05) is 0 Å². The molecule has 2 amide bonds. The maximum atomic E-state index is 11.9. The molecule has 7 heteroatoms. The van der Waals surface area contributed by atoms with Gasteiger partial charge in [0.25, 0.3) is 11.8 Å². The molecule has 0 saturated heterocycles. The third-order valence-electron chi connectivity index (χ3n) is 2.87. The summed E-state index contributed by atoms with van der Waals surface area (Å²) in [4.78, 5) is 27.3. The maximum absolute atomic E-state index is 11.9. The van der Waals surface area contributed by atoms with Crippen molar-refractivity contribution < 1.29 is 14.3 Å². The molecule has 0 atom stereocenters. The van der Waals surface area contributed by atoms with Gasteiger partial charge in [0.05, 0.1) is 19.9 Å². The van der Waals surface area contributed by atoms with Crippen LogP contribution in [-0.4, -0.2) is 36.7 Å². The first-order valence-electron chi connectivity index (χ1n) is 6.83. The van der Waals surface area contributed by atoms with Crippen LogP contribution in [0.4, 0.5) is 0 Å². The number of hydrazone groups is 1. The summed E-state index contributed by atoms with van der Waals surface area (Å²) in [6, 6.07) is 10.1. The Bertz CT molecular complexity index is 684. The Morgan fingerprint density at radius 1 is 1.17 bits per heavy atom. The zero-order valence-electron chi connectivity index (χ0n) is 12.5. The number of amides is 2. The third-order valence-corrected chi connectivity index (χ3v) is 2.87. The molecule has 0 fully saturated rings. The van der Waals surface area contributed by atoms with E-state index in [4.69, 9.17) is 4.74 Å². The number of nitrogens with one attached hydrogen (secondary N) is 2. The quantitative estimate of drug-likeness (QED) is 0.614. The fourth-order valence-electron chi connectivity index (χ4n) is 1.67. The molecule has 0 aliphatic rings. The number of benzene rings is 1. The van der Waals surface area contributed by atoms with Crippen molar-refractivity contribution in [1.82, 2.24) is 15.7 Å². The number of nitrogens with zero attached hydrogens (tertiary/aromatic N) is 2. The second kappa shape index (κ2) is 8.28. The van der Waals surface area contributed by atoms with Gasteiger partial charge >= 0.3 is 0 Å². The molecule has 2 rings (SSSR count). The Balaban J connectivity index is 1.77. The van der Waals surface area contributed by atoms with Crippen molar-refractivity contribution in [3.8, 4) is 5.75 Å². The molecular weight excluding hydrogens is 296 g/mol. The van der Waals surface area contributed by atoms with E-state index in [1.54, 1.807) is 55.9 Å². The van der Waals surface area contributed by atoms with E-state index in [9.17, 15) is 9.59 Å². The van der Waals surface area contributed by atoms with Crippen LogP contribution < -0.4 is 15.5 Å². The molecule has 1 aromatic carbocycles. The Morgan fingerprint density at radius 2 is 1.87 bits per heavy atom. The maximum Gasteiger partial charge on any atom is 0.259 e. The Morgan fingerprint density at radius 3 is 2.52 bits per heavy atom. The molecule has 1 aromatic heterocycles. The average molecular weight is 312 g/mol. The van der Waals surface area contributed by atoms with Crippen LogP contribution in [0.15, 0.2) is 53.9 Å². The van der Waals surface area contributed by atoms with E-state index in [0.29, 0.717) is 11.3 Å². The third kappa shape index (κ3) is 5.24. The fourth-order valence-corrected chi connectivity index (χ4v) is 1.67. The Labute approximate surface area is 133 Å². The number of pyridine rings is 1. The molecule has 1 heterocycles. The predicted octanol–water partition coefficient (Wildman–Crippen LogP) is 0.970. The van der Waals surface area contributed by atoms with Crippen molar-refractivity contribution in [2.24, 2.45) is 5.10 Å². The lowest BCUT2D eigenvalue weighted by Gasteiger charge is -2.05. The zero-order chi connectivity index (χ0) is 16.5. The van der Waals surface area contributed by atoms with E-state index in [-0.39, 0.29) is 12.5 Å². The number of ether oxygens (including phenoxy) is 1.